The van der Waals surface area contributed by atoms with Gasteiger partial charge in [-0.15, -0.1) is 11.3 Å². The number of aromatic nitrogens is 2. The van der Waals surface area contributed by atoms with Crippen LogP contribution in [0.2, 0.25) is 0 Å². The Labute approximate surface area is 195 Å². The van der Waals surface area contributed by atoms with Crippen molar-refractivity contribution in [3.8, 4) is 11.1 Å². The summed E-state index contributed by atoms with van der Waals surface area (Å²) in [5.74, 6) is 0.625. The first-order chi connectivity index (χ1) is 16.1. The van der Waals surface area contributed by atoms with Gasteiger partial charge in [-0.05, 0) is 50.6 Å². The lowest BCUT2D eigenvalue weighted by atomic mass is 10.1. The molecule has 1 amide bonds. The van der Waals surface area contributed by atoms with Crippen molar-refractivity contribution in [3.63, 3.8) is 0 Å². The number of thiophene rings is 1. The van der Waals surface area contributed by atoms with E-state index in [1.807, 2.05) is 48.7 Å². The van der Waals surface area contributed by atoms with Crippen LogP contribution in [0.15, 0.2) is 63.6 Å². The molecule has 4 aromatic rings. The van der Waals surface area contributed by atoms with Crippen molar-refractivity contribution in [3.05, 3.63) is 76.0 Å². The second-order valence-corrected chi connectivity index (χ2v) is 9.31. The molecule has 1 N–H and O–H groups in total. The molecular formula is C25H26N4O3S. The molecule has 33 heavy (non-hydrogen) atoms. The molecule has 1 aliphatic rings. The number of amides is 1. The standard InChI is InChI=1S/C25H26N4O3S/c1-17-6-8-18(9-7-17)19-15-33-24-23(19)25(31)29(16-27-24)14-22(30)26-13-20(21-5-4-12-32-21)28-10-2-3-11-28/h4-9,12,15-16,20H,2-3,10-11,13-14H2,1H3,(H,26,30). The molecule has 1 unspecified atom stereocenters. The molecule has 1 saturated heterocycles. The second-order valence-electron chi connectivity index (χ2n) is 8.45. The van der Waals surface area contributed by atoms with E-state index in [0.717, 1.165) is 48.4 Å². The molecule has 3 aromatic heterocycles. The number of fused-ring (bicyclic) bond motifs is 1. The topological polar surface area (TPSA) is 80.4 Å². The predicted octanol–water partition coefficient (Wildman–Crippen LogP) is 3.98. The number of furan rings is 1. The monoisotopic (exact) mass is 462 g/mol. The van der Waals surface area contributed by atoms with E-state index in [4.69, 9.17) is 4.42 Å². The average Bonchev–Trinajstić information content (AvgIpc) is 3.59. The summed E-state index contributed by atoms with van der Waals surface area (Å²) in [6, 6.07) is 11.9. The summed E-state index contributed by atoms with van der Waals surface area (Å²) < 4.78 is 7.01. The first-order valence-electron chi connectivity index (χ1n) is 11.2. The third-order valence-electron chi connectivity index (χ3n) is 6.18. The van der Waals surface area contributed by atoms with Gasteiger partial charge in [0.1, 0.15) is 17.1 Å². The van der Waals surface area contributed by atoms with Crippen molar-refractivity contribution in [1.29, 1.82) is 0 Å². The van der Waals surface area contributed by atoms with Crippen molar-refractivity contribution >= 4 is 27.5 Å². The number of carbonyl (C=O) groups excluding carboxylic acids is 1. The molecule has 170 valence electrons. The van der Waals surface area contributed by atoms with E-state index in [9.17, 15) is 9.59 Å². The maximum Gasteiger partial charge on any atom is 0.263 e. The largest absolute Gasteiger partial charge is 0.468 e. The van der Waals surface area contributed by atoms with Crippen LogP contribution in [0.4, 0.5) is 0 Å². The van der Waals surface area contributed by atoms with Crippen molar-refractivity contribution in [2.75, 3.05) is 19.6 Å². The van der Waals surface area contributed by atoms with Crippen molar-refractivity contribution < 1.29 is 9.21 Å². The number of carbonyl (C=O) groups is 1. The summed E-state index contributed by atoms with van der Waals surface area (Å²) in [5.41, 5.74) is 2.79. The maximum absolute atomic E-state index is 13.2. The van der Waals surface area contributed by atoms with Crippen molar-refractivity contribution in [2.24, 2.45) is 0 Å². The number of hydrogen-bond acceptors (Lipinski definition) is 6. The normalized spacial score (nSPS) is 15.2. The van der Waals surface area contributed by atoms with Gasteiger partial charge in [-0.3, -0.25) is 19.1 Å². The molecule has 1 aromatic carbocycles. The number of nitrogens with zero attached hydrogens (tertiary/aromatic N) is 3. The summed E-state index contributed by atoms with van der Waals surface area (Å²) in [4.78, 5) is 33.5. The van der Waals surface area contributed by atoms with Crippen molar-refractivity contribution in [2.45, 2.75) is 32.4 Å². The van der Waals surface area contributed by atoms with Crippen LogP contribution in [0.25, 0.3) is 21.3 Å². The van der Waals surface area contributed by atoms with E-state index in [1.165, 1.54) is 22.2 Å². The molecule has 7 nitrogen and oxygen atoms in total. The van der Waals surface area contributed by atoms with Gasteiger partial charge in [0, 0.05) is 17.5 Å². The minimum Gasteiger partial charge on any atom is -0.468 e. The van der Waals surface area contributed by atoms with Crippen LogP contribution in [0.1, 0.15) is 30.2 Å². The van der Waals surface area contributed by atoms with E-state index in [1.54, 1.807) is 6.26 Å². The Bertz CT molecular complexity index is 1300. The van der Waals surface area contributed by atoms with E-state index < -0.39 is 0 Å². The van der Waals surface area contributed by atoms with Gasteiger partial charge in [-0.1, -0.05) is 29.8 Å². The Morgan fingerprint density at radius 2 is 2.00 bits per heavy atom. The number of hydrogen-bond donors (Lipinski definition) is 1. The van der Waals surface area contributed by atoms with Gasteiger partial charge in [0.05, 0.1) is 24.0 Å². The third kappa shape index (κ3) is 4.49. The first-order valence-corrected chi connectivity index (χ1v) is 12.1. The minimum absolute atomic E-state index is 0.00575. The van der Waals surface area contributed by atoms with E-state index in [0.29, 0.717) is 16.8 Å². The second kappa shape index (κ2) is 9.33. The predicted molar refractivity (Wildman–Crippen MR) is 129 cm³/mol. The highest BCUT2D eigenvalue weighted by Crippen LogP contribution is 2.30. The molecule has 8 heteroatoms. The molecule has 1 aliphatic heterocycles. The molecule has 5 rings (SSSR count). The summed E-state index contributed by atoms with van der Waals surface area (Å²) in [5, 5.41) is 5.51. The SMILES string of the molecule is Cc1ccc(-c2csc3ncn(CC(=O)NCC(c4ccco4)N4CCCC4)c(=O)c23)cc1. The zero-order chi connectivity index (χ0) is 22.8. The lowest BCUT2D eigenvalue weighted by molar-refractivity contribution is -0.122. The third-order valence-corrected chi connectivity index (χ3v) is 7.07. The fraction of sp³-hybridized carbons (Fsp3) is 0.320. The lowest BCUT2D eigenvalue weighted by Gasteiger charge is -2.26. The quantitative estimate of drug-likeness (QED) is 0.449. The Morgan fingerprint density at radius 1 is 1.21 bits per heavy atom. The van der Waals surface area contributed by atoms with Gasteiger partial charge in [0.25, 0.3) is 5.56 Å². The molecule has 0 radical (unpaired) electrons. The molecule has 1 fully saturated rings. The van der Waals surface area contributed by atoms with E-state index >= 15 is 0 Å². The molecule has 4 heterocycles. The molecule has 0 aliphatic carbocycles. The van der Waals surface area contributed by atoms with Gasteiger partial charge >= 0.3 is 0 Å². The average molecular weight is 463 g/mol. The highest BCUT2D eigenvalue weighted by molar-refractivity contribution is 7.17. The first kappa shape index (κ1) is 21.6. The smallest absolute Gasteiger partial charge is 0.263 e. The summed E-state index contributed by atoms with van der Waals surface area (Å²) in [6.45, 7) is 4.37. The zero-order valence-electron chi connectivity index (χ0n) is 18.5. The Kier molecular flexibility index (Phi) is 6.11. The number of benzene rings is 1. The van der Waals surface area contributed by atoms with Crippen LogP contribution < -0.4 is 10.9 Å². The van der Waals surface area contributed by atoms with Crippen LogP contribution in [0, 0.1) is 6.92 Å². The van der Waals surface area contributed by atoms with Crippen LogP contribution in [0.3, 0.4) is 0 Å². The summed E-state index contributed by atoms with van der Waals surface area (Å²) >= 11 is 1.44. The Morgan fingerprint density at radius 3 is 2.73 bits per heavy atom. The Hall–Kier alpha value is -3.23. The highest BCUT2D eigenvalue weighted by atomic mass is 32.1. The number of aryl methyl sites for hydroxylation is 1. The van der Waals surface area contributed by atoms with Gasteiger partial charge in [-0.2, -0.15) is 0 Å². The number of nitrogens with one attached hydrogen (secondary N) is 1. The van der Waals surface area contributed by atoms with Crippen LogP contribution in [-0.2, 0) is 11.3 Å². The molecule has 0 spiro atoms. The summed E-state index contributed by atoms with van der Waals surface area (Å²) in [6.07, 6.45) is 5.42. The fourth-order valence-electron chi connectivity index (χ4n) is 4.39. The summed E-state index contributed by atoms with van der Waals surface area (Å²) in [7, 11) is 0. The molecule has 0 bridgehead atoms. The Balaban J connectivity index is 1.34. The van der Waals surface area contributed by atoms with Gasteiger partial charge in [0.15, 0.2) is 0 Å². The number of likely N-dealkylation sites (tertiary alicyclic amines) is 1. The minimum atomic E-state index is -0.221. The fourth-order valence-corrected chi connectivity index (χ4v) is 5.30. The maximum atomic E-state index is 13.2. The van der Waals surface area contributed by atoms with E-state index in [-0.39, 0.29) is 24.1 Å². The molecule has 1 atom stereocenters. The van der Waals surface area contributed by atoms with Gasteiger partial charge in [-0.25, -0.2) is 4.98 Å². The van der Waals surface area contributed by atoms with E-state index in [2.05, 4.69) is 15.2 Å². The van der Waals surface area contributed by atoms with Crippen LogP contribution in [0.5, 0.6) is 0 Å². The van der Waals surface area contributed by atoms with Crippen LogP contribution >= 0.6 is 11.3 Å². The van der Waals surface area contributed by atoms with Crippen LogP contribution in [-0.4, -0.2) is 40.0 Å². The molecular weight excluding hydrogens is 436 g/mol. The highest BCUT2D eigenvalue weighted by Gasteiger charge is 2.26. The van der Waals surface area contributed by atoms with Gasteiger partial charge < -0.3 is 9.73 Å². The molecule has 0 saturated carbocycles. The number of rotatable bonds is 7. The van der Waals surface area contributed by atoms with Gasteiger partial charge in [0.2, 0.25) is 5.91 Å². The zero-order valence-corrected chi connectivity index (χ0v) is 19.3. The van der Waals surface area contributed by atoms with Crippen molar-refractivity contribution in [1.82, 2.24) is 19.8 Å². The lowest BCUT2D eigenvalue weighted by Crippen LogP contribution is -2.39.